The first-order valence-electron chi connectivity index (χ1n) is 11.2. The van der Waals surface area contributed by atoms with E-state index in [-0.39, 0.29) is 10.8 Å². The summed E-state index contributed by atoms with van der Waals surface area (Å²) in [6.45, 7) is 5.12. The zero-order chi connectivity index (χ0) is 23.0. The highest BCUT2D eigenvalue weighted by atomic mass is 32.2. The molecule has 2 aromatic rings. The van der Waals surface area contributed by atoms with Gasteiger partial charge in [0.25, 0.3) is 5.91 Å². The van der Waals surface area contributed by atoms with Crippen LogP contribution in [-0.2, 0) is 10.0 Å². The molecule has 8 heteroatoms. The van der Waals surface area contributed by atoms with Crippen molar-refractivity contribution in [1.82, 2.24) is 9.21 Å². The van der Waals surface area contributed by atoms with Gasteiger partial charge in [-0.15, -0.1) is 0 Å². The summed E-state index contributed by atoms with van der Waals surface area (Å²) in [6, 6.07) is 13.5. The summed E-state index contributed by atoms with van der Waals surface area (Å²) in [5, 5.41) is 2.84. The summed E-state index contributed by atoms with van der Waals surface area (Å²) >= 11 is 0. The average Bonchev–Trinajstić information content (AvgIpc) is 2.80. The summed E-state index contributed by atoms with van der Waals surface area (Å²) in [4.78, 5) is 15.1. The Balaban J connectivity index is 1.63. The van der Waals surface area contributed by atoms with Gasteiger partial charge in [0, 0.05) is 31.9 Å². The molecule has 1 aliphatic rings. The van der Waals surface area contributed by atoms with E-state index in [2.05, 4.69) is 17.1 Å². The Hall–Kier alpha value is -2.42. The molecule has 0 spiro atoms. The number of unbranched alkanes of at least 4 members (excludes halogenated alkanes) is 3. The molecule has 7 nitrogen and oxygen atoms in total. The lowest BCUT2D eigenvalue weighted by atomic mass is 10.1. The molecular weight excluding hydrogens is 426 g/mol. The summed E-state index contributed by atoms with van der Waals surface area (Å²) in [5.41, 5.74) is 0.988. The molecule has 0 atom stereocenters. The standard InChI is InChI=1S/C24H33N3O4S/c1-3-4-5-8-19-31-23-10-7-6-9-22(23)24(28)25-20-11-13-21(14-12-20)32(29,30)27-17-15-26(2)16-18-27/h6-7,9-14H,3-5,8,15-19H2,1-2H3,(H,25,28). The minimum Gasteiger partial charge on any atom is -0.493 e. The van der Waals surface area contributed by atoms with Gasteiger partial charge in [0.1, 0.15) is 5.75 Å². The number of amides is 1. The van der Waals surface area contributed by atoms with Crippen molar-refractivity contribution < 1.29 is 17.9 Å². The molecule has 0 saturated carbocycles. The molecule has 0 unspecified atom stereocenters. The van der Waals surface area contributed by atoms with Gasteiger partial charge in [-0.2, -0.15) is 4.31 Å². The first kappa shape index (κ1) is 24.2. The molecule has 2 aromatic carbocycles. The van der Waals surface area contributed by atoms with Gasteiger partial charge in [0.15, 0.2) is 0 Å². The fourth-order valence-electron chi connectivity index (χ4n) is 3.58. The lowest BCUT2D eigenvalue weighted by molar-refractivity contribution is 0.102. The van der Waals surface area contributed by atoms with Gasteiger partial charge in [-0.25, -0.2) is 8.42 Å². The van der Waals surface area contributed by atoms with E-state index in [1.54, 1.807) is 42.5 Å². The monoisotopic (exact) mass is 459 g/mol. The Morgan fingerprint density at radius 2 is 1.66 bits per heavy atom. The van der Waals surface area contributed by atoms with Crippen LogP contribution in [0.2, 0.25) is 0 Å². The van der Waals surface area contributed by atoms with Crippen LogP contribution in [0.4, 0.5) is 5.69 Å². The van der Waals surface area contributed by atoms with Crippen LogP contribution in [0.3, 0.4) is 0 Å². The first-order chi connectivity index (χ1) is 15.4. The van der Waals surface area contributed by atoms with Crippen molar-refractivity contribution >= 4 is 21.6 Å². The van der Waals surface area contributed by atoms with E-state index < -0.39 is 10.0 Å². The molecule has 1 saturated heterocycles. The van der Waals surface area contributed by atoms with E-state index in [1.165, 1.54) is 10.7 Å². The molecular formula is C24H33N3O4S. The third kappa shape index (κ3) is 6.31. The number of sulfonamides is 1. The number of ether oxygens (including phenoxy) is 1. The van der Waals surface area contributed by atoms with Crippen LogP contribution >= 0.6 is 0 Å². The highest BCUT2D eigenvalue weighted by molar-refractivity contribution is 7.89. The molecule has 1 N–H and O–H groups in total. The second-order valence-corrected chi connectivity index (χ2v) is 10.0. The molecule has 1 heterocycles. The van der Waals surface area contributed by atoms with Crippen LogP contribution in [0.1, 0.15) is 43.0 Å². The number of nitrogens with one attached hydrogen (secondary N) is 1. The van der Waals surface area contributed by atoms with Crippen molar-refractivity contribution in [2.24, 2.45) is 0 Å². The zero-order valence-corrected chi connectivity index (χ0v) is 19.7. The summed E-state index contributed by atoms with van der Waals surface area (Å²) in [6.07, 6.45) is 4.39. The SMILES string of the molecule is CCCCCCOc1ccccc1C(=O)Nc1ccc(S(=O)(=O)N2CCN(C)CC2)cc1. The number of likely N-dealkylation sites (N-methyl/N-ethyl adjacent to an activating group) is 1. The molecule has 0 bridgehead atoms. The third-order valence-corrected chi connectivity index (χ3v) is 7.51. The minimum atomic E-state index is -3.53. The van der Waals surface area contributed by atoms with Crippen molar-refractivity contribution in [1.29, 1.82) is 0 Å². The second kappa shape index (κ2) is 11.4. The number of nitrogens with zero attached hydrogens (tertiary/aromatic N) is 2. The van der Waals surface area contributed by atoms with E-state index >= 15 is 0 Å². The van der Waals surface area contributed by atoms with Crippen LogP contribution in [0.15, 0.2) is 53.4 Å². The highest BCUT2D eigenvalue weighted by Gasteiger charge is 2.27. The molecule has 32 heavy (non-hydrogen) atoms. The maximum absolute atomic E-state index is 12.9. The van der Waals surface area contributed by atoms with Crippen LogP contribution in [0.25, 0.3) is 0 Å². The fourth-order valence-corrected chi connectivity index (χ4v) is 5.00. The van der Waals surface area contributed by atoms with Crippen molar-refractivity contribution in [2.75, 3.05) is 45.2 Å². The van der Waals surface area contributed by atoms with Gasteiger partial charge in [-0.05, 0) is 49.9 Å². The number of carbonyl (C=O) groups excluding carboxylic acids is 1. The van der Waals surface area contributed by atoms with Crippen molar-refractivity contribution in [2.45, 2.75) is 37.5 Å². The van der Waals surface area contributed by atoms with Gasteiger partial charge in [0.05, 0.1) is 17.1 Å². The minimum absolute atomic E-state index is 0.232. The average molecular weight is 460 g/mol. The van der Waals surface area contributed by atoms with E-state index in [9.17, 15) is 13.2 Å². The Labute approximate surface area is 191 Å². The number of benzene rings is 2. The molecule has 0 radical (unpaired) electrons. The Bertz CT molecular complexity index is 985. The number of rotatable bonds is 10. The van der Waals surface area contributed by atoms with Crippen LogP contribution in [0.5, 0.6) is 5.75 Å². The lowest BCUT2D eigenvalue weighted by Crippen LogP contribution is -2.46. The molecule has 3 rings (SSSR count). The molecule has 0 aromatic heterocycles. The number of hydrogen-bond acceptors (Lipinski definition) is 5. The number of para-hydroxylation sites is 1. The molecule has 1 fully saturated rings. The van der Waals surface area contributed by atoms with Gasteiger partial charge < -0.3 is 15.0 Å². The molecule has 1 amide bonds. The highest BCUT2D eigenvalue weighted by Crippen LogP contribution is 2.23. The topological polar surface area (TPSA) is 78.9 Å². The van der Waals surface area contributed by atoms with Crippen molar-refractivity contribution in [3.8, 4) is 5.75 Å². The molecule has 174 valence electrons. The lowest BCUT2D eigenvalue weighted by Gasteiger charge is -2.31. The maximum atomic E-state index is 12.9. The first-order valence-corrected chi connectivity index (χ1v) is 12.7. The summed E-state index contributed by atoms with van der Waals surface area (Å²) < 4.78 is 33.1. The summed E-state index contributed by atoms with van der Waals surface area (Å²) in [5.74, 6) is 0.264. The number of carbonyl (C=O) groups is 1. The van der Waals surface area contributed by atoms with Gasteiger partial charge in [-0.1, -0.05) is 38.3 Å². The Morgan fingerprint density at radius 3 is 2.34 bits per heavy atom. The van der Waals surface area contributed by atoms with Crippen molar-refractivity contribution in [3.05, 3.63) is 54.1 Å². The van der Waals surface area contributed by atoms with Gasteiger partial charge in [0.2, 0.25) is 10.0 Å². The van der Waals surface area contributed by atoms with E-state index in [0.29, 0.717) is 49.8 Å². The number of piperazine rings is 1. The van der Waals surface area contributed by atoms with Gasteiger partial charge in [-0.3, -0.25) is 4.79 Å². The predicted molar refractivity (Wildman–Crippen MR) is 127 cm³/mol. The van der Waals surface area contributed by atoms with E-state index in [4.69, 9.17) is 4.74 Å². The normalized spacial score (nSPS) is 15.4. The van der Waals surface area contributed by atoms with Crippen LogP contribution in [-0.4, -0.2) is 63.4 Å². The van der Waals surface area contributed by atoms with Crippen LogP contribution in [0, 0.1) is 0 Å². The molecule has 1 aliphatic heterocycles. The zero-order valence-electron chi connectivity index (χ0n) is 18.9. The smallest absolute Gasteiger partial charge is 0.259 e. The maximum Gasteiger partial charge on any atom is 0.259 e. The Kier molecular flexibility index (Phi) is 8.67. The summed E-state index contributed by atoms with van der Waals surface area (Å²) in [7, 11) is -1.55. The predicted octanol–water partition coefficient (Wildman–Crippen LogP) is 3.83. The fraction of sp³-hybridized carbons (Fsp3) is 0.458. The third-order valence-electron chi connectivity index (χ3n) is 5.60. The van der Waals surface area contributed by atoms with Gasteiger partial charge >= 0.3 is 0 Å². The number of hydrogen-bond donors (Lipinski definition) is 1. The van der Waals surface area contributed by atoms with E-state index in [0.717, 1.165) is 19.3 Å². The Morgan fingerprint density at radius 1 is 0.969 bits per heavy atom. The molecule has 0 aliphatic carbocycles. The number of anilines is 1. The van der Waals surface area contributed by atoms with E-state index in [1.807, 2.05) is 13.1 Å². The quantitative estimate of drug-likeness (QED) is 0.546. The van der Waals surface area contributed by atoms with Crippen LogP contribution < -0.4 is 10.1 Å². The largest absolute Gasteiger partial charge is 0.493 e. The van der Waals surface area contributed by atoms with Crippen molar-refractivity contribution in [3.63, 3.8) is 0 Å². The second-order valence-electron chi connectivity index (χ2n) is 8.09.